The van der Waals surface area contributed by atoms with Gasteiger partial charge in [0.1, 0.15) is 12.4 Å². The second kappa shape index (κ2) is 14.4. The van der Waals surface area contributed by atoms with E-state index < -0.39 is 0 Å². The van der Waals surface area contributed by atoms with Gasteiger partial charge in [-0.25, -0.2) is 9.97 Å². The number of nitrogen functional groups attached to an aromatic ring is 1. The Labute approximate surface area is 275 Å². The zero-order valence-electron chi connectivity index (χ0n) is 26.6. The molecule has 4 fully saturated rings. The molecule has 2 amide bonds. The molecule has 46 heavy (non-hydrogen) atoms. The van der Waals surface area contributed by atoms with Gasteiger partial charge in [-0.3, -0.25) is 19.4 Å². The highest BCUT2D eigenvalue weighted by Gasteiger charge is 2.35. The highest BCUT2D eigenvalue weighted by molar-refractivity contribution is 6.32. The smallest absolute Gasteiger partial charge is 0.274 e. The molecule has 3 N–H and O–H groups in total. The summed E-state index contributed by atoms with van der Waals surface area (Å²) in [6.07, 6.45) is 6.61. The van der Waals surface area contributed by atoms with Crippen LogP contribution >= 0.6 is 11.6 Å². The average Bonchev–Trinajstić information content (AvgIpc) is 3.80. The van der Waals surface area contributed by atoms with Crippen molar-refractivity contribution in [2.45, 2.75) is 76.5 Å². The number of carbonyl (C=O) groups is 2. The zero-order valence-corrected chi connectivity index (χ0v) is 27.3. The minimum Gasteiger partial charge on any atom is -0.491 e. The number of anilines is 2. The van der Waals surface area contributed by atoms with Gasteiger partial charge in [0, 0.05) is 62.8 Å². The minimum absolute atomic E-state index is 0.0938. The van der Waals surface area contributed by atoms with Crippen molar-refractivity contribution in [3.05, 3.63) is 40.2 Å². The SMILES string of the molecule is CC[C@H]1CN(c2nc(N)c(C(=O)NC3CC3)nc2Cl)CCN1C1CCN(Cc2ccc(C#N)cc2OCCN2CCCC2=O)CC1. The summed E-state index contributed by atoms with van der Waals surface area (Å²) in [6.45, 7) is 9.12. The number of piperazine rings is 1. The number of piperidine rings is 1. The highest BCUT2D eigenvalue weighted by Crippen LogP contribution is 2.31. The van der Waals surface area contributed by atoms with E-state index in [1.54, 1.807) is 0 Å². The molecule has 4 aliphatic rings. The van der Waals surface area contributed by atoms with Crippen LogP contribution < -0.4 is 20.7 Å². The molecular weight excluding hydrogens is 606 g/mol. The molecule has 0 radical (unpaired) electrons. The maximum Gasteiger partial charge on any atom is 0.274 e. The monoisotopic (exact) mass is 649 g/mol. The Morgan fingerprint density at radius 2 is 1.96 bits per heavy atom. The first kappa shape index (κ1) is 32.3. The Hall–Kier alpha value is -3.66. The second-order valence-corrected chi connectivity index (χ2v) is 13.2. The standard InChI is InChI=1S/C33H44ClN9O3/c1-2-25-21-42(32-30(34)38-29(31(36)39-32)33(45)37-24-7-8-24)14-15-43(25)26-9-12-40(13-10-26)20-23-6-5-22(19-35)18-27(23)46-17-16-41-11-3-4-28(41)44/h5-6,18,24-26H,2-4,7-17,20-21H2,1H3,(H2,36,39)(H,37,45)/t25-/m0/s1. The van der Waals surface area contributed by atoms with Crippen LogP contribution in [0.1, 0.15) is 73.5 Å². The zero-order chi connectivity index (χ0) is 32.2. The number of ether oxygens (including phenoxy) is 1. The van der Waals surface area contributed by atoms with Crippen LogP contribution in [0, 0.1) is 11.3 Å². The molecule has 1 aromatic heterocycles. The summed E-state index contributed by atoms with van der Waals surface area (Å²) in [5.41, 5.74) is 7.92. The van der Waals surface area contributed by atoms with Gasteiger partial charge in [-0.2, -0.15) is 5.26 Å². The Morgan fingerprint density at radius 3 is 2.65 bits per heavy atom. The fourth-order valence-electron chi connectivity index (χ4n) is 6.92. The van der Waals surface area contributed by atoms with Gasteiger partial charge < -0.3 is 25.6 Å². The molecule has 4 heterocycles. The number of amides is 2. The maximum absolute atomic E-state index is 12.5. The molecule has 3 aliphatic heterocycles. The molecule has 1 atom stereocenters. The molecule has 246 valence electrons. The Morgan fingerprint density at radius 1 is 1.15 bits per heavy atom. The first-order valence-electron chi connectivity index (χ1n) is 16.6. The van der Waals surface area contributed by atoms with Gasteiger partial charge in [0.2, 0.25) is 5.91 Å². The molecule has 13 heteroatoms. The predicted molar refractivity (Wildman–Crippen MR) is 176 cm³/mol. The van der Waals surface area contributed by atoms with Crippen LogP contribution in [0.5, 0.6) is 5.75 Å². The van der Waals surface area contributed by atoms with Crippen molar-refractivity contribution < 1.29 is 14.3 Å². The van der Waals surface area contributed by atoms with E-state index in [-0.39, 0.29) is 34.5 Å². The van der Waals surface area contributed by atoms with Crippen molar-refractivity contribution in [1.82, 2.24) is 30.0 Å². The minimum atomic E-state index is -0.318. The van der Waals surface area contributed by atoms with Crippen LogP contribution in [0.3, 0.4) is 0 Å². The van der Waals surface area contributed by atoms with Crippen LogP contribution in [0.4, 0.5) is 11.6 Å². The van der Waals surface area contributed by atoms with Crippen LogP contribution in [-0.4, -0.2) is 107 Å². The quantitative estimate of drug-likeness (QED) is 0.373. The third-order valence-electron chi connectivity index (χ3n) is 9.70. The summed E-state index contributed by atoms with van der Waals surface area (Å²) in [7, 11) is 0. The molecule has 12 nitrogen and oxygen atoms in total. The number of carbonyl (C=O) groups excluding carboxylic acids is 2. The highest BCUT2D eigenvalue weighted by atomic mass is 35.5. The van der Waals surface area contributed by atoms with Gasteiger partial charge in [-0.15, -0.1) is 0 Å². The molecule has 0 unspecified atom stereocenters. The van der Waals surface area contributed by atoms with Gasteiger partial charge in [0.15, 0.2) is 22.5 Å². The number of likely N-dealkylation sites (tertiary alicyclic amines) is 2. The fourth-order valence-corrected chi connectivity index (χ4v) is 7.17. The number of benzene rings is 1. The number of hydrogen-bond acceptors (Lipinski definition) is 10. The normalized spacial score (nSPS) is 21.4. The molecule has 3 saturated heterocycles. The number of nitriles is 1. The summed E-state index contributed by atoms with van der Waals surface area (Å²) in [4.78, 5) is 42.5. The number of nitrogens with zero attached hydrogens (tertiary/aromatic N) is 7. The average molecular weight is 650 g/mol. The van der Waals surface area contributed by atoms with Gasteiger partial charge in [-0.05, 0) is 63.7 Å². The Bertz CT molecular complexity index is 1470. The molecule has 6 rings (SSSR count). The number of rotatable bonds is 11. The lowest BCUT2D eigenvalue weighted by Crippen LogP contribution is -2.58. The van der Waals surface area contributed by atoms with Gasteiger partial charge in [0.25, 0.3) is 5.91 Å². The number of aromatic nitrogens is 2. The molecule has 0 bridgehead atoms. The fraction of sp³-hybridized carbons (Fsp3) is 0.606. The van der Waals surface area contributed by atoms with Crippen molar-refractivity contribution in [2.75, 3.05) is 63.1 Å². The number of nitrogens with one attached hydrogen (secondary N) is 1. The number of halogens is 1. The van der Waals surface area contributed by atoms with Gasteiger partial charge >= 0.3 is 0 Å². The summed E-state index contributed by atoms with van der Waals surface area (Å²) in [5, 5.41) is 12.6. The van der Waals surface area contributed by atoms with E-state index in [0.29, 0.717) is 43.0 Å². The lowest BCUT2D eigenvalue weighted by Gasteiger charge is -2.47. The third kappa shape index (κ3) is 7.48. The van der Waals surface area contributed by atoms with Crippen molar-refractivity contribution in [3.8, 4) is 11.8 Å². The largest absolute Gasteiger partial charge is 0.491 e. The molecule has 1 aromatic carbocycles. The maximum atomic E-state index is 12.5. The lowest BCUT2D eigenvalue weighted by molar-refractivity contribution is -0.128. The first-order valence-corrected chi connectivity index (χ1v) is 17.0. The van der Waals surface area contributed by atoms with Crippen molar-refractivity contribution in [1.29, 1.82) is 5.26 Å². The van der Waals surface area contributed by atoms with Crippen LogP contribution in [-0.2, 0) is 11.3 Å². The summed E-state index contributed by atoms with van der Waals surface area (Å²) >= 11 is 6.57. The predicted octanol–water partition coefficient (Wildman–Crippen LogP) is 3.04. The molecule has 1 aliphatic carbocycles. The molecular formula is C33H44ClN9O3. The molecule has 2 aromatic rings. The summed E-state index contributed by atoms with van der Waals surface area (Å²) in [6, 6.07) is 8.91. The molecule has 0 spiro atoms. The number of nitrogens with two attached hydrogens (primary N) is 1. The van der Waals surface area contributed by atoms with E-state index in [9.17, 15) is 14.9 Å². The molecule has 1 saturated carbocycles. The van der Waals surface area contributed by atoms with Crippen molar-refractivity contribution in [2.24, 2.45) is 0 Å². The van der Waals surface area contributed by atoms with E-state index in [4.69, 9.17) is 22.1 Å². The number of hydrogen-bond donors (Lipinski definition) is 2. The van der Waals surface area contributed by atoms with Crippen LogP contribution in [0.2, 0.25) is 5.15 Å². The van der Waals surface area contributed by atoms with E-state index in [1.807, 2.05) is 23.1 Å². The Kier molecular flexibility index (Phi) is 10.1. The van der Waals surface area contributed by atoms with Crippen molar-refractivity contribution in [3.63, 3.8) is 0 Å². The third-order valence-corrected chi connectivity index (χ3v) is 9.95. The summed E-state index contributed by atoms with van der Waals surface area (Å²) in [5.74, 6) is 1.26. The van der Waals surface area contributed by atoms with Crippen LogP contribution in [0.15, 0.2) is 18.2 Å². The van der Waals surface area contributed by atoms with Crippen LogP contribution in [0.25, 0.3) is 0 Å². The van der Waals surface area contributed by atoms with E-state index in [0.717, 1.165) is 95.7 Å². The lowest BCUT2D eigenvalue weighted by atomic mass is 9.97. The Balaban J connectivity index is 1.03. The van der Waals surface area contributed by atoms with E-state index in [1.165, 1.54) is 0 Å². The first-order chi connectivity index (χ1) is 22.3. The van der Waals surface area contributed by atoms with E-state index in [2.05, 4.69) is 43.0 Å². The van der Waals surface area contributed by atoms with E-state index >= 15 is 0 Å². The van der Waals surface area contributed by atoms with Gasteiger partial charge in [0.05, 0.1) is 18.2 Å². The van der Waals surface area contributed by atoms with Crippen molar-refractivity contribution >= 4 is 35.1 Å². The topological polar surface area (TPSA) is 144 Å². The second-order valence-electron chi connectivity index (χ2n) is 12.8. The van der Waals surface area contributed by atoms with Gasteiger partial charge in [-0.1, -0.05) is 24.6 Å². The summed E-state index contributed by atoms with van der Waals surface area (Å²) < 4.78 is 6.14.